The van der Waals surface area contributed by atoms with Crippen molar-refractivity contribution in [2.45, 2.75) is 6.42 Å². The van der Waals surface area contributed by atoms with E-state index in [-0.39, 0.29) is 30.3 Å². The van der Waals surface area contributed by atoms with Crippen molar-refractivity contribution in [2.75, 3.05) is 20.3 Å². The van der Waals surface area contributed by atoms with Gasteiger partial charge in [0.2, 0.25) is 5.91 Å². The lowest BCUT2D eigenvalue weighted by Crippen LogP contribution is -2.32. The molecule has 0 aromatic heterocycles. The Hall–Kier alpha value is -1.56. The van der Waals surface area contributed by atoms with Crippen LogP contribution in [0.15, 0.2) is 11.4 Å². The largest absolute Gasteiger partial charge is 0.478 e. The van der Waals surface area contributed by atoms with Crippen LogP contribution in [0.5, 0.6) is 0 Å². The summed E-state index contributed by atoms with van der Waals surface area (Å²) in [6.07, 6.45) is -0.134. The van der Waals surface area contributed by atoms with Gasteiger partial charge in [-0.25, -0.2) is 4.79 Å². The molecule has 0 unspecified atom stereocenters. The van der Waals surface area contributed by atoms with Gasteiger partial charge in [0.1, 0.15) is 5.82 Å². The van der Waals surface area contributed by atoms with E-state index in [4.69, 9.17) is 15.6 Å². The van der Waals surface area contributed by atoms with Gasteiger partial charge >= 0.3 is 5.97 Å². The van der Waals surface area contributed by atoms with Crippen molar-refractivity contribution < 1.29 is 19.4 Å². The number of nitrogens with zero attached hydrogens (tertiary/aromatic N) is 1. The second-order valence-electron chi connectivity index (χ2n) is 2.88. The summed E-state index contributed by atoms with van der Waals surface area (Å²) < 4.78 is 4.78. The number of ether oxygens (including phenoxy) is 1. The van der Waals surface area contributed by atoms with Gasteiger partial charge in [0, 0.05) is 7.11 Å². The third-order valence-corrected chi connectivity index (χ3v) is 2.01. The Morgan fingerprint density at radius 2 is 2.36 bits per heavy atom. The molecule has 0 bridgehead atoms. The number of carbonyl (C=O) groups excluding carboxylic acids is 1. The molecule has 6 heteroatoms. The molecule has 0 atom stereocenters. The lowest BCUT2D eigenvalue weighted by Gasteiger charge is -2.16. The highest BCUT2D eigenvalue weighted by molar-refractivity contribution is 5.98. The van der Waals surface area contributed by atoms with E-state index in [0.717, 1.165) is 0 Å². The molecule has 1 aliphatic rings. The summed E-state index contributed by atoms with van der Waals surface area (Å²) in [5.41, 5.74) is 5.47. The van der Waals surface area contributed by atoms with Crippen LogP contribution in [-0.2, 0) is 14.3 Å². The second kappa shape index (κ2) is 4.10. The molecule has 0 radical (unpaired) electrons. The third kappa shape index (κ3) is 1.85. The summed E-state index contributed by atoms with van der Waals surface area (Å²) in [7, 11) is 1.50. The molecule has 0 spiro atoms. The molecule has 3 N–H and O–H groups in total. The zero-order chi connectivity index (χ0) is 10.7. The lowest BCUT2D eigenvalue weighted by molar-refractivity contribution is -0.134. The number of amides is 1. The number of rotatable bonds is 4. The normalized spacial score (nSPS) is 16.6. The quantitative estimate of drug-likeness (QED) is 0.614. The number of carboxylic acids is 1. The molecule has 1 aliphatic heterocycles. The van der Waals surface area contributed by atoms with Crippen molar-refractivity contribution in [3.05, 3.63) is 11.4 Å². The molecule has 1 heterocycles. The van der Waals surface area contributed by atoms with E-state index in [9.17, 15) is 9.59 Å². The maximum absolute atomic E-state index is 11.3. The summed E-state index contributed by atoms with van der Waals surface area (Å²) in [6, 6.07) is 0. The second-order valence-corrected chi connectivity index (χ2v) is 2.88. The van der Waals surface area contributed by atoms with Crippen molar-refractivity contribution in [2.24, 2.45) is 5.73 Å². The first-order valence-electron chi connectivity index (χ1n) is 4.09. The molecule has 0 fully saturated rings. The summed E-state index contributed by atoms with van der Waals surface area (Å²) in [4.78, 5) is 23.1. The number of nitrogens with two attached hydrogens (primary N) is 1. The fourth-order valence-electron chi connectivity index (χ4n) is 1.25. The monoisotopic (exact) mass is 200 g/mol. The molecule has 1 rings (SSSR count). The number of hydrogen-bond acceptors (Lipinski definition) is 4. The van der Waals surface area contributed by atoms with Crippen LogP contribution in [0.2, 0.25) is 0 Å². The van der Waals surface area contributed by atoms with Gasteiger partial charge in [-0.1, -0.05) is 0 Å². The maximum Gasteiger partial charge on any atom is 0.335 e. The van der Waals surface area contributed by atoms with Crippen LogP contribution in [0.4, 0.5) is 0 Å². The average Bonchev–Trinajstić information content (AvgIpc) is 2.40. The Bertz CT molecular complexity index is 298. The summed E-state index contributed by atoms with van der Waals surface area (Å²) in [6.45, 7) is 0.622. The van der Waals surface area contributed by atoms with Crippen molar-refractivity contribution in [1.82, 2.24) is 4.90 Å². The van der Waals surface area contributed by atoms with Crippen LogP contribution < -0.4 is 5.73 Å². The van der Waals surface area contributed by atoms with Gasteiger partial charge in [-0.15, -0.1) is 0 Å². The topological polar surface area (TPSA) is 92.9 Å². The molecule has 6 nitrogen and oxygen atoms in total. The Labute approximate surface area is 80.9 Å². The van der Waals surface area contributed by atoms with Crippen molar-refractivity contribution >= 4 is 11.9 Å². The molecule has 0 aliphatic carbocycles. The van der Waals surface area contributed by atoms with Gasteiger partial charge < -0.3 is 15.6 Å². The van der Waals surface area contributed by atoms with E-state index < -0.39 is 5.97 Å². The minimum absolute atomic E-state index is 0.0274. The number of carbonyl (C=O) groups is 2. The average molecular weight is 200 g/mol. The number of aliphatic carboxylic acids is 1. The highest BCUT2D eigenvalue weighted by Gasteiger charge is 2.31. The molecule has 0 saturated heterocycles. The fraction of sp³-hybridized carbons (Fsp3) is 0.500. The summed E-state index contributed by atoms with van der Waals surface area (Å²) >= 11 is 0. The SMILES string of the molecule is COCCN1C(=O)CC(C(=O)O)=C1N. The highest BCUT2D eigenvalue weighted by Crippen LogP contribution is 2.19. The van der Waals surface area contributed by atoms with Crippen molar-refractivity contribution in [3.8, 4) is 0 Å². The number of carboxylic acid groups (broad SMARTS) is 1. The van der Waals surface area contributed by atoms with Crippen molar-refractivity contribution in [1.29, 1.82) is 0 Å². The van der Waals surface area contributed by atoms with Crippen LogP contribution in [0, 0.1) is 0 Å². The Morgan fingerprint density at radius 1 is 1.71 bits per heavy atom. The predicted molar refractivity (Wildman–Crippen MR) is 47.1 cm³/mol. The zero-order valence-electron chi connectivity index (χ0n) is 7.82. The molecule has 14 heavy (non-hydrogen) atoms. The number of methoxy groups -OCH3 is 1. The van der Waals surface area contributed by atoms with Gasteiger partial charge in [-0.2, -0.15) is 0 Å². The Morgan fingerprint density at radius 3 is 2.79 bits per heavy atom. The van der Waals surface area contributed by atoms with E-state index in [0.29, 0.717) is 6.61 Å². The third-order valence-electron chi connectivity index (χ3n) is 2.01. The molecule has 0 saturated carbocycles. The smallest absolute Gasteiger partial charge is 0.335 e. The molecule has 0 aromatic carbocycles. The highest BCUT2D eigenvalue weighted by atomic mass is 16.5. The summed E-state index contributed by atoms with van der Waals surface area (Å²) in [5.74, 6) is -1.41. The van der Waals surface area contributed by atoms with Gasteiger partial charge in [0.25, 0.3) is 0 Å². The first kappa shape index (κ1) is 10.5. The minimum atomic E-state index is -1.14. The van der Waals surface area contributed by atoms with Crippen LogP contribution in [-0.4, -0.2) is 42.1 Å². The van der Waals surface area contributed by atoms with Crippen LogP contribution >= 0.6 is 0 Å². The van der Waals surface area contributed by atoms with Gasteiger partial charge in [-0.3, -0.25) is 9.69 Å². The first-order chi connectivity index (χ1) is 6.57. The zero-order valence-corrected chi connectivity index (χ0v) is 7.82. The molecular formula is C8H12N2O4. The van der Waals surface area contributed by atoms with E-state index in [1.54, 1.807) is 0 Å². The first-order valence-corrected chi connectivity index (χ1v) is 4.09. The van der Waals surface area contributed by atoms with E-state index >= 15 is 0 Å². The molecular weight excluding hydrogens is 188 g/mol. The summed E-state index contributed by atoms with van der Waals surface area (Å²) in [5, 5.41) is 8.70. The van der Waals surface area contributed by atoms with Gasteiger partial charge in [-0.05, 0) is 0 Å². The van der Waals surface area contributed by atoms with Gasteiger partial charge in [0.15, 0.2) is 0 Å². The van der Waals surface area contributed by atoms with Crippen LogP contribution in [0.1, 0.15) is 6.42 Å². The number of hydrogen-bond donors (Lipinski definition) is 2. The Kier molecular flexibility index (Phi) is 3.08. The lowest BCUT2D eigenvalue weighted by atomic mass is 10.2. The molecule has 0 aromatic rings. The predicted octanol–water partition coefficient (Wildman–Crippen LogP) is -0.880. The Balaban J connectivity index is 2.76. The molecule has 1 amide bonds. The molecule has 78 valence electrons. The standard InChI is InChI=1S/C8H12N2O4/c1-14-3-2-10-6(11)4-5(7(10)9)8(12)13/h2-4,9H2,1H3,(H,12,13). The maximum atomic E-state index is 11.3. The van der Waals surface area contributed by atoms with Crippen molar-refractivity contribution in [3.63, 3.8) is 0 Å². The van der Waals surface area contributed by atoms with Crippen LogP contribution in [0.25, 0.3) is 0 Å². The van der Waals surface area contributed by atoms with E-state index in [2.05, 4.69) is 0 Å². The minimum Gasteiger partial charge on any atom is -0.478 e. The van der Waals surface area contributed by atoms with Crippen LogP contribution in [0.3, 0.4) is 0 Å². The van der Waals surface area contributed by atoms with E-state index in [1.165, 1.54) is 12.0 Å². The van der Waals surface area contributed by atoms with Gasteiger partial charge in [0.05, 0.1) is 25.1 Å². The van der Waals surface area contributed by atoms with E-state index in [1.807, 2.05) is 0 Å². The fourth-order valence-corrected chi connectivity index (χ4v) is 1.25.